The second-order valence-corrected chi connectivity index (χ2v) is 0. The average Bonchev–Trinajstić information content (AvgIpc) is 1.50. The summed E-state index contributed by atoms with van der Waals surface area (Å²) >= 11 is 0.233. The monoisotopic (exact) mass is 454 g/mol. The molecule has 0 aliphatic heterocycles. The van der Waals surface area contributed by atoms with Gasteiger partial charge in [-0.05, 0) is 0 Å². The Bertz CT molecular complexity index is 11.6. The van der Waals surface area contributed by atoms with E-state index >= 15 is 0 Å². The number of hydrogen-bond acceptors (Lipinski definition) is 2. The Morgan fingerprint density at radius 1 is 1.20 bits per heavy atom. The summed E-state index contributed by atoms with van der Waals surface area (Å²) in [5.41, 5.74) is 0. The van der Waals surface area contributed by atoms with Gasteiger partial charge in [-0.25, -0.2) is 0 Å². The first-order valence-electron chi connectivity index (χ1n) is 0.455. The van der Waals surface area contributed by atoms with Crippen LogP contribution in [0.1, 0.15) is 0 Å². The van der Waals surface area contributed by atoms with Gasteiger partial charge < -0.3 is 0 Å². The van der Waals surface area contributed by atoms with Crippen LogP contribution in [0, 0.1) is 0 Å². The summed E-state index contributed by atoms with van der Waals surface area (Å²) in [6, 6.07) is 0. The first-order chi connectivity index (χ1) is 2.00. The Labute approximate surface area is 73.2 Å². The van der Waals surface area contributed by atoms with Gasteiger partial charge in [-0.3, -0.25) is 0 Å². The van der Waals surface area contributed by atoms with Crippen molar-refractivity contribution < 1.29 is 26.0 Å². The predicted molar refractivity (Wildman–Crippen MR) is 17.1 cm³/mol. The third-order valence-corrected chi connectivity index (χ3v) is 0. The molecule has 0 rings (SSSR count). The summed E-state index contributed by atoms with van der Waals surface area (Å²) in [4.78, 5) is 0. The van der Waals surface area contributed by atoms with Crippen LogP contribution in [0.25, 0.3) is 0 Å². The van der Waals surface area contributed by atoms with Gasteiger partial charge in [0, 0.05) is 0 Å². The van der Waals surface area contributed by atoms with Crippen LogP contribution < -0.4 is 0 Å². The maximum atomic E-state index is 8.42. The molecule has 0 atom stereocenters. The van der Waals surface area contributed by atoms with Crippen molar-refractivity contribution in [2.45, 2.75) is 0 Å². The molecular formula is H3InO2SnW. The summed E-state index contributed by atoms with van der Waals surface area (Å²) < 4.78 is 16.8. The molecule has 0 aromatic heterocycles. The zero-order valence-electron chi connectivity index (χ0n) is 2.64. The minimum absolute atomic E-state index is 0. The molecule has 0 N–H and O–H groups in total. The Morgan fingerprint density at radius 3 is 1.20 bits per heavy atom. The van der Waals surface area contributed by atoms with Gasteiger partial charge in [0.2, 0.25) is 0 Å². The van der Waals surface area contributed by atoms with Gasteiger partial charge in [0.05, 0.1) is 0 Å². The van der Waals surface area contributed by atoms with E-state index in [-0.39, 0.29) is 48.3 Å². The zero-order valence-corrected chi connectivity index (χ0v) is 13.6. The fourth-order valence-corrected chi connectivity index (χ4v) is 0. The summed E-state index contributed by atoms with van der Waals surface area (Å²) in [6.45, 7) is 0. The maximum absolute atomic E-state index is 8.42. The molecule has 2 radical (unpaired) electrons. The summed E-state index contributed by atoms with van der Waals surface area (Å²) in [7, 11) is 0. The van der Waals surface area contributed by atoms with Crippen LogP contribution in [-0.2, 0) is 26.0 Å². The van der Waals surface area contributed by atoms with E-state index in [9.17, 15) is 0 Å². The van der Waals surface area contributed by atoms with Crippen LogP contribution in [0.4, 0.5) is 0 Å². The molecule has 0 aliphatic rings. The quantitative estimate of drug-likeness (QED) is 0.407. The molecule has 2 nitrogen and oxygen atoms in total. The molecule has 0 unspecified atom stereocenters. The van der Waals surface area contributed by atoms with Crippen molar-refractivity contribution in [3.63, 3.8) is 0 Å². The van der Waals surface area contributed by atoms with E-state index in [1.165, 1.54) is 0 Å². The molecule has 0 aromatic carbocycles. The number of rotatable bonds is 0. The summed E-state index contributed by atoms with van der Waals surface area (Å²) in [5.74, 6) is 0. The van der Waals surface area contributed by atoms with Crippen LogP contribution in [0.5, 0.6) is 0 Å². The van der Waals surface area contributed by atoms with Gasteiger partial charge >= 0.3 is 74.3 Å². The Hall–Kier alpha value is 1.96. The molecule has 0 fully saturated rings. The van der Waals surface area contributed by atoms with E-state index in [4.69, 9.17) is 6.25 Å². The molecular weight excluding hydrogens is 449 g/mol. The second kappa shape index (κ2) is 38.2. The fraction of sp³-hybridized carbons (Fsp3) is 0. The molecule has 0 aromatic rings. The number of hydrogen-bond donors (Lipinski definition) is 0. The van der Waals surface area contributed by atoms with Crippen molar-refractivity contribution in [1.29, 1.82) is 0 Å². The van der Waals surface area contributed by atoms with Gasteiger partial charge in [-0.15, -0.1) is 0 Å². The van der Waals surface area contributed by atoms with E-state index in [0.29, 0.717) is 19.8 Å². The van der Waals surface area contributed by atoms with E-state index in [1.54, 1.807) is 0 Å². The van der Waals surface area contributed by atoms with Crippen molar-refractivity contribution in [3.05, 3.63) is 0 Å². The van der Waals surface area contributed by atoms with Gasteiger partial charge in [-0.2, -0.15) is 0 Å². The van der Waals surface area contributed by atoms with Crippen molar-refractivity contribution in [2.24, 2.45) is 0 Å². The predicted octanol–water partition coefficient (Wildman–Crippen LogP) is -1.80. The Morgan fingerprint density at radius 2 is 1.20 bits per heavy atom. The molecule has 5 heteroatoms. The van der Waals surface area contributed by atoms with Crippen molar-refractivity contribution in [2.75, 3.05) is 0 Å². The van der Waals surface area contributed by atoms with Gasteiger partial charge in [0.25, 0.3) is 0 Å². The SMILES string of the molecule is [O]=[InH].[O]=[W].[SnH2]. The zero-order chi connectivity index (χ0) is 4.00. The second-order valence-electron chi connectivity index (χ2n) is 0. The van der Waals surface area contributed by atoms with E-state index in [1.807, 2.05) is 0 Å². The average molecular weight is 452 g/mol. The molecule has 0 heterocycles. The van der Waals surface area contributed by atoms with Crippen molar-refractivity contribution in [1.82, 2.24) is 0 Å². The topological polar surface area (TPSA) is 34.1 Å². The normalized spacial score (nSPS) is 1.40. The molecule has 0 amide bonds. The minimum atomic E-state index is -0.1000. The molecule has 0 spiro atoms. The molecule has 28 valence electrons. The van der Waals surface area contributed by atoms with Gasteiger partial charge in [0.15, 0.2) is 0 Å². The molecule has 0 saturated carbocycles. The molecule has 0 bridgehead atoms. The summed E-state index contributed by atoms with van der Waals surface area (Å²) in [5, 5.41) is 0. The van der Waals surface area contributed by atoms with Gasteiger partial charge in [0.1, 0.15) is 0 Å². The standard InChI is InChI=1S/In.2O.Sn.W.3H. The molecule has 5 heavy (non-hydrogen) atoms. The fourth-order valence-electron chi connectivity index (χ4n) is 0. The third-order valence-electron chi connectivity index (χ3n) is 0. The van der Waals surface area contributed by atoms with Crippen molar-refractivity contribution >= 4 is 48.3 Å². The Kier molecular flexibility index (Phi) is 121. The third kappa shape index (κ3) is 24.4. The van der Waals surface area contributed by atoms with E-state index in [2.05, 4.69) is 0 Å². The van der Waals surface area contributed by atoms with Crippen LogP contribution in [-0.4, -0.2) is 48.3 Å². The van der Waals surface area contributed by atoms with Crippen LogP contribution in [0.3, 0.4) is 0 Å². The van der Waals surface area contributed by atoms with Crippen LogP contribution in [0.2, 0.25) is 0 Å². The van der Waals surface area contributed by atoms with E-state index < -0.39 is 0 Å². The van der Waals surface area contributed by atoms with Crippen LogP contribution in [0.15, 0.2) is 0 Å². The molecule has 0 saturated heterocycles. The van der Waals surface area contributed by atoms with Crippen molar-refractivity contribution in [3.8, 4) is 0 Å². The Balaban J connectivity index is -0.0000000133. The van der Waals surface area contributed by atoms with Gasteiger partial charge in [-0.1, -0.05) is 0 Å². The molecule has 0 aliphatic carbocycles. The van der Waals surface area contributed by atoms with Crippen LogP contribution >= 0.6 is 0 Å². The first-order valence-corrected chi connectivity index (χ1v) is 3.30. The van der Waals surface area contributed by atoms with E-state index in [0.717, 1.165) is 0 Å². The summed E-state index contributed by atoms with van der Waals surface area (Å²) in [6.07, 6.45) is 0. The first kappa shape index (κ1) is 15.8.